The van der Waals surface area contributed by atoms with Crippen LogP contribution >= 0.6 is 11.3 Å². The lowest BCUT2D eigenvalue weighted by Gasteiger charge is -1.99. The summed E-state index contributed by atoms with van der Waals surface area (Å²) in [6.07, 6.45) is 0. The number of hydrogen-bond acceptors (Lipinski definition) is 5. The average molecular weight is 248 g/mol. The van der Waals surface area contributed by atoms with Crippen LogP contribution < -0.4 is 5.32 Å². The van der Waals surface area contributed by atoms with Crippen molar-refractivity contribution in [2.75, 3.05) is 5.32 Å². The zero-order valence-corrected chi connectivity index (χ0v) is 10.6. The highest BCUT2D eigenvalue weighted by Gasteiger charge is 2.11. The molecule has 0 aliphatic heterocycles. The number of nitrogens with zero attached hydrogens (tertiary/aromatic N) is 3. The summed E-state index contributed by atoms with van der Waals surface area (Å²) < 4.78 is 0. The molecule has 2 aromatic rings. The van der Waals surface area contributed by atoms with Gasteiger partial charge in [-0.25, -0.2) is 4.98 Å². The molecule has 0 saturated heterocycles. The smallest absolute Gasteiger partial charge is 0.277 e. The minimum absolute atomic E-state index is 0.286. The Morgan fingerprint density at radius 2 is 2.00 bits per heavy atom. The van der Waals surface area contributed by atoms with Crippen LogP contribution in [0.25, 0.3) is 0 Å². The lowest BCUT2D eigenvalue weighted by Crippen LogP contribution is -2.14. The van der Waals surface area contributed by atoms with E-state index in [0.29, 0.717) is 10.8 Å². The maximum atomic E-state index is 11.8. The molecular weight excluding hydrogens is 236 g/mol. The first-order valence-corrected chi connectivity index (χ1v) is 5.93. The molecule has 0 saturated carbocycles. The van der Waals surface area contributed by atoms with Gasteiger partial charge in [0.15, 0.2) is 10.8 Å². The third-order valence-corrected chi connectivity index (χ3v) is 3.27. The molecule has 2 heterocycles. The number of rotatable bonds is 2. The number of aryl methyl sites for hydroxylation is 3. The highest BCUT2D eigenvalue weighted by molar-refractivity contribution is 7.15. The number of carbonyl (C=O) groups is 1. The van der Waals surface area contributed by atoms with Crippen molar-refractivity contribution >= 4 is 22.4 Å². The Balaban J connectivity index is 2.14. The second-order valence-electron chi connectivity index (χ2n) is 3.67. The largest absolute Gasteiger partial charge is 0.296 e. The zero-order valence-electron chi connectivity index (χ0n) is 9.81. The topological polar surface area (TPSA) is 67.8 Å². The minimum Gasteiger partial charge on any atom is -0.296 e. The van der Waals surface area contributed by atoms with Gasteiger partial charge in [-0.15, -0.1) is 16.4 Å². The monoisotopic (exact) mass is 248 g/mol. The number of carbonyl (C=O) groups excluding carboxylic acids is 1. The van der Waals surface area contributed by atoms with Crippen LogP contribution in [0, 0.1) is 20.8 Å². The molecule has 2 rings (SSSR count). The van der Waals surface area contributed by atoms with E-state index < -0.39 is 0 Å². The van der Waals surface area contributed by atoms with E-state index in [2.05, 4.69) is 20.5 Å². The normalized spacial score (nSPS) is 10.3. The van der Waals surface area contributed by atoms with E-state index in [1.807, 2.05) is 20.8 Å². The lowest BCUT2D eigenvalue weighted by atomic mass is 10.3. The summed E-state index contributed by atoms with van der Waals surface area (Å²) in [6.45, 7) is 5.70. The van der Waals surface area contributed by atoms with Crippen molar-refractivity contribution < 1.29 is 4.79 Å². The Bertz CT molecular complexity index is 528. The van der Waals surface area contributed by atoms with Gasteiger partial charge in [-0.2, -0.15) is 5.10 Å². The molecule has 1 N–H and O–H groups in total. The molecule has 17 heavy (non-hydrogen) atoms. The summed E-state index contributed by atoms with van der Waals surface area (Å²) in [5.41, 5.74) is 2.00. The third kappa shape index (κ3) is 2.65. The van der Waals surface area contributed by atoms with Gasteiger partial charge in [0.05, 0.1) is 11.4 Å². The second kappa shape index (κ2) is 4.58. The van der Waals surface area contributed by atoms with Crippen LogP contribution in [0.4, 0.5) is 5.13 Å². The SMILES string of the molecule is Cc1ccc(C(=O)Nc2nc(C)c(C)s2)nn1. The third-order valence-electron chi connectivity index (χ3n) is 2.28. The maximum absolute atomic E-state index is 11.8. The number of hydrogen-bond donors (Lipinski definition) is 1. The van der Waals surface area contributed by atoms with Crippen molar-refractivity contribution in [3.63, 3.8) is 0 Å². The Morgan fingerprint density at radius 3 is 2.53 bits per heavy atom. The van der Waals surface area contributed by atoms with Gasteiger partial charge in [0.25, 0.3) is 5.91 Å². The molecule has 0 aliphatic carbocycles. The summed E-state index contributed by atoms with van der Waals surface area (Å²) in [5, 5.41) is 11.0. The molecule has 5 nitrogen and oxygen atoms in total. The summed E-state index contributed by atoms with van der Waals surface area (Å²) in [4.78, 5) is 17.1. The van der Waals surface area contributed by atoms with Crippen molar-refractivity contribution in [2.45, 2.75) is 20.8 Å². The Labute approximate surface area is 103 Å². The van der Waals surface area contributed by atoms with Gasteiger partial charge in [-0.1, -0.05) is 0 Å². The van der Waals surface area contributed by atoms with Crippen molar-refractivity contribution in [1.29, 1.82) is 0 Å². The van der Waals surface area contributed by atoms with E-state index >= 15 is 0 Å². The Kier molecular flexibility index (Phi) is 3.14. The van der Waals surface area contributed by atoms with Crippen LogP contribution in [0.5, 0.6) is 0 Å². The highest BCUT2D eigenvalue weighted by Crippen LogP contribution is 2.21. The minimum atomic E-state index is -0.286. The van der Waals surface area contributed by atoms with E-state index in [0.717, 1.165) is 16.3 Å². The van der Waals surface area contributed by atoms with E-state index in [1.54, 1.807) is 12.1 Å². The molecule has 0 fully saturated rings. The summed E-state index contributed by atoms with van der Waals surface area (Å²) in [7, 11) is 0. The van der Waals surface area contributed by atoms with Gasteiger partial charge in [0.2, 0.25) is 0 Å². The van der Waals surface area contributed by atoms with E-state index in [4.69, 9.17) is 0 Å². The number of anilines is 1. The van der Waals surface area contributed by atoms with Gasteiger partial charge in [0, 0.05) is 4.88 Å². The number of thiazole rings is 1. The molecule has 1 amide bonds. The van der Waals surface area contributed by atoms with Gasteiger partial charge < -0.3 is 0 Å². The molecule has 0 spiro atoms. The van der Waals surface area contributed by atoms with Crippen LogP contribution in [0.1, 0.15) is 26.8 Å². The van der Waals surface area contributed by atoms with Crippen LogP contribution in [0.3, 0.4) is 0 Å². The molecule has 0 unspecified atom stereocenters. The summed E-state index contributed by atoms with van der Waals surface area (Å²) in [5.74, 6) is -0.286. The zero-order chi connectivity index (χ0) is 12.4. The molecular formula is C11H12N4OS. The highest BCUT2D eigenvalue weighted by atomic mass is 32.1. The first kappa shape index (κ1) is 11.7. The number of nitrogens with one attached hydrogen (secondary N) is 1. The van der Waals surface area contributed by atoms with E-state index in [9.17, 15) is 4.79 Å². The summed E-state index contributed by atoms with van der Waals surface area (Å²) in [6, 6.07) is 3.39. The van der Waals surface area contributed by atoms with Gasteiger partial charge >= 0.3 is 0 Å². The predicted molar refractivity (Wildman–Crippen MR) is 66.3 cm³/mol. The van der Waals surface area contributed by atoms with Crippen molar-refractivity contribution in [2.24, 2.45) is 0 Å². The van der Waals surface area contributed by atoms with Gasteiger partial charge in [-0.05, 0) is 32.9 Å². The van der Waals surface area contributed by atoms with Crippen molar-refractivity contribution in [1.82, 2.24) is 15.2 Å². The molecule has 0 aliphatic rings. The van der Waals surface area contributed by atoms with Crippen LogP contribution in [-0.2, 0) is 0 Å². The van der Waals surface area contributed by atoms with Gasteiger partial charge in [0.1, 0.15) is 0 Å². The van der Waals surface area contributed by atoms with Crippen molar-refractivity contribution in [3.05, 3.63) is 34.1 Å². The first-order chi connectivity index (χ1) is 8.06. The van der Waals surface area contributed by atoms with Crippen LogP contribution in [-0.4, -0.2) is 21.1 Å². The average Bonchev–Trinajstić information content (AvgIpc) is 2.58. The van der Waals surface area contributed by atoms with Gasteiger partial charge in [-0.3, -0.25) is 10.1 Å². The maximum Gasteiger partial charge on any atom is 0.277 e. The van der Waals surface area contributed by atoms with Crippen molar-refractivity contribution in [3.8, 4) is 0 Å². The molecule has 6 heteroatoms. The molecule has 0 aromatic carbocycles. The number of aromatic nitrogens is 3. The Hall–Kier alpha value is -1.82. The van der Waals surface area contributed by atoms with Crippen LogP contribution in [0.15, 0.2) is 12.1 Å². The quantitative estimate of drug-likeness (QED) is 0.883. The predicted octanol–water partition coefficient (Wildman–Crippen LogP) is 2.11. The summed E-state index contributed by atoms with van der Waals surface area (Å²) >= 11 is 1.45. The number of amides is 1. The lowest BCUT2D eigenvalue weighted by molar-refractivity contribution is 0.102. The molecule has 0 atom stereocenters. The second-order valence-corrected chi connectivity index (χ2v) is 4.88. The van der Waals surface area contributed by atoms with Crippen LogP contribution in [0.2, 0.25) is 0 Å². The molecule has 88 valence electrons. The fraction of sp³-hybridized carbons (Fsp3) is 0.273. The fourth-order valence-corrected chi connectivity index (χ4v) is 2.02. The standard InChI is InChI=1S/C11H12N4OS/c1-6-4-5-9(15-14-6)10(16)13-11-12-7(2)8(3)17-11/h4-5H,1-3H3,(H,12,13,16). The molecule has 0 bridgehead atoms. The first-order valence-electron chi connectivity index (χ1n) is 5.12. The fourth-order valence-electron chi connectivity index (χ4n) is 1.21. The van der Waals surface area contributed by atoms with E-state index in [1.165, 1.54) is 11.3 Å². The molecule has 0 radical (unpaired) electrons. The Morgan fingerprint density at radius 1 is 1.24 bits per heavy atom. The molecule has 2 aromatic heterocycles. The van der Waals surface area contributed by atoms with E-state index in [-0.39, 0.29) is 5.91 Å².